The molecule has 0 bridgehead atoms. The number of aromatic nitrogens is 1. The standard InChI is InChI=1S/C18H21N3/c1-2-4-15(5-3-1)13-20-10-11-21-17(14-20)7-6-16-12-19-9-8-18(16)21/h1-5,8-9,12,17H,6-7,10-11,13-14H2. The van der Waals surface area contributed by atoms with Crippen molar-refractivity contribution in [3.8, 4) is 0 Å². The molecule has 1 saturated heterocycles. The third-order valence-corrected chi connectivity index (χ3v) is 4.75. The molecule has 0 aliphatic carbocycles. The molecular formula is C18H21N3. The quantitative estimate of drug-likeness (QED) is 0.842. The average molecular weight is 279 g/mol. The fraction of sp³-hybridized carbons (Fsp3) is 0.389. The summed E-state index contributed by atoms with van der Waals surface area (Å²) >= 11 is 0. The minimum Gasteiger partial charge on any atom is -0.366 e. The molecule has 0 N–H and O–H groups in total. The van der Waals surface area contributed by atoms with Crippen LogP contribution >= 0.6 is 0 Å². The van der Waals surface area contributed by atoms with E-state index in [4.69, 9.17) is 0 Å². The Hall–Kier alpha value is -1.87. The smallest absolute Gasteiger partial charge is 0.0433 e. The molecule has 3 heterocycles. The molecule has 1 aromatic carbocycles. The molecule has 2 aliphatic heterocycles. The van der Waals surface area contributed by atoms with Gasteiger partial charge in [-0.25, -0.2) is 0 Å². The summed E-state index contributed by atoms with van der Waals surface area (Å²) in [7, 11) is 0. The molecule has 4 rings (SSSR count). The first-order valence-corrected chi connectivity index (χ1v) is 7.86. The first-order valence-electron chi connectivity index (χ1n) is 7.86. The van der Waals surface area contributed by atoms with Crippen molar-refractivity contribution in [1.29, 1.82) is 0 Å². The molecule has 1 unspecified atom stereocenters. The Morgan fingerprint density at radius 2 is 2.00 bits per heavy atom. The summed E-state index contributed by atoms with van der Waals surface area (Å²) in [6, 6.07) is 13.7. The van der Waals surface area contributed by atoms with Crippen LogP contribution in [-0.4, -0.2) is 35.6 Å². The zero-order valence-corrected chi connectivity index (χ0v) is 12.3. The van der Waals surface area contributed by atoms with Gasteiger partial charge in [0.25, 0.3) is 0 Å². The van der Waals surface area contributed by atoms with Gasteiger partial charge < -0.3 is 4.90 Å². The summed E-state index contributed by atoms with van der Waals surface area (Å²) < 4.78 is 0. The Labute approximate surface area is 126 Å². The van der Waals surface area contributed by atoms with Gasteiger partial charge in [0.05, 0.1) is 0 Å². The molecule has 3 heteroatoms. The van der Waals surface area contributed by atoms with Gasteiger partial charge in [-0.15, -0.1) is 0 Å². The first-order chi connectivity index (χ1) is 10.4. The van der Waals surface area contributed by atoms with E-state index in [-0.39, 0.29) is 0 Å². The number of anilines is 1. The Bertz CT molecular complexity index is 611. The second kappa shape index (κ2) is 5.49. The van der Waals surface area contributed by atoms with Gasteiger partial charge in [0, 0.05) is 50.3 Å². The minimum absolute atomic E-state index is 0.664. The van der Waals surface area contributed by atoms with Gasteiger partial charge in [-0.3, -0.25) is 9.88 Å². The van der Waals surface area contributed by atoms with Crippen molar-refractivity contribution in [2.24, 2.45) is 0 Å². The highest BCUT2D eigenvalue weighted by Gasteiger charge is 2.31. The monoisotopic (exact) mass is 279 g/mol. The molecule has 3 nitrogen and oxygen atoms in total. The van der Waals surface area contributed by atoms with Crippen LogP contribution in [0, 0.1) is 0 Å². The number of hydrogen-bond acceptors (Lipinski definition) is 3. The van der Waals surface area contributed by atoms with Crippen molar-refractivity contribution in [2.75, 3.05) is 24.5 Å². The van der Waals surface area contributed by atoms with Gasteiger partial charge in [-0.1, -0.05) is 30.3 Å². The Kier molecular flexibility index (Phi) is 3.36. The van der Waals surface area contributed by atoms with Gasteiger partial charge in [0.1, 0.15) is 0 Å². The minimum atomic E-state index is 0.664. The van der Waals surface area contributed by atoms with E-state index in [2.05, 4.69) is 51.2 Å². The normalized spacial score (nSPS) is 21.7. The van der Waals surface area contributed by atoms with E-state index in [9.17, 15) is 0 Å². The molecule has 1 atom stereocenters. The van der Waals surface area contributed by atoms with Crippen molar-refractivity contribution in [3.63, 3.8) is 0 Å². The van der Waals surface area contributed by atoms with Crippen molar-refractivity contribution in [2.45, 2.75) is 25.4 Å². The van der Waals surface area contributed by atoms with Crippen LogP contribution in [0.4, 0.5) is 5.69 Å². The highest BCUT2D eigenvalue weighted by Crippen LogP contribution is 2.32. The predicted molar refractivity (Wildman–Crippen MR) is 85.4 cm³/mol. The summed E-state index contributed by atoms with van der Waals surface area (Å²) in [5.74, 6) is 0. The maximum atomic E-state index is 4.27. The number of pyridine rings is 1. The van der Waals surface area contributed by atoms with Crippen LogP contribution < -0.4 is 4.90 Å². The second-order valence-electron chi connectivity index (χ2n) is 6.11. The number of benzene rings is 1. The molecule has 0 radical (unpaired) electrons. The van der Waals surface area contributed by atoms with Crippen LogP contribution in [0.3, 0.4) is 0 Å². The lowest BCUT2D eigenvalue weighted by Crippen LogP contribution is -2.54. The molecule has 0 saturated carbocycles. The molecule has 2 aliphatic rings. The summed E-state index contributed by atoms with van der Waals surface area (Å²) in [5, 5.41) is 0. The SMILES string of the molecule is c1ccc(CN2CCN3c4ccncc4CCC3C2)cc1. The number of piperazine rings is 1. The molecule has 1 fully saturated rings. The highest BCUT2D eigenvalue weighted by atomic mass is 15.3. The summed E-state index contributed by atoms with van der Waals surface area (Å²) in [4.78, 5) is 9.47. The van der Waals surface area contributed by atoms with Gasteiger partial charge >= 0.3 is 0 Å². The maximum Gasteiger partial charge on any atom is 0.0433 e. The van der Waals surface area contributed by atoms with E-state index < -0.39 is 0 Å². The van der Waals surface area contributed by atoms with Crippen LogP contribution in [-0.2, 0) is 13.0 Å². The predicted octanol–water partition coefficient (Wildman–Crippen LogP) is 2.72. The second-order valence-corrected chi connectivity index (χ2v) is 6.11. The highest BCUT2D eigenvalue weighted by molar-refractivity contribution is 5.55. The van der Waals surface area contributed by atoms with Crippen molar-refractivity contribution in [3.05, 3.63) is 59.9 Å². The fourth-order valence-corrected chi connectivity index (χ4v) is 3.68. The van der Waals surface area contributed by atoms with Crippen molar-refractivity contribution < 1.29 is 0 Å². The van der Waals surface area contributed by atoms with Crippen molar-refractivity contribution >= 4 is 5.69 Å². The Morgan fingerprint density at radius 1 is 1.10 bits per heavy atom. The lowest BCUT2D eigenvalue weighted by Gasteiger charge is -2.46. The molecular weight excluding hydrogens is 258 g/mol. The van der Waals surface area contributed by atoms with Gasteiger partial charge in [0.2, 0.25) is 0 Å². The molecule has 1 aromatic heterocycles. The van der Waals surface area contributed by atoms with Crippen LogP contribution in [0.5, 0.6) is 0 Å². The summed E-state index contributed by atoms with van der Waals surface area (Å²) in [5.41, 5.74) is 4.26. The van der Waals surface area contributed by atoms with E-state index in [1.54, 1.807) is 0 Å². The number of rotatable bonds is 2. The third kappa shape index (κ3) is 2.54. The number of aryl methyl sites for hydroxylation is 1. The zero-order chi connectivity index (χ0) is 14.1. The Morgan fingerprint density at radius 3 is 2.90 bits per heavy atom. The molecule has 0 amide bonds. The van der Waals surface area contributed by atoms with E-state index in [1.165, 1.54) is 36.2 Å². The van der Waals surface area contributed by atoms with Gasteiger partial charge in [-0.2, -0.15) is 0 Å². The topological polar surface area (TPSA) is 19.4 Å². The number of nitrogens with zero attached hydrogens (tertiary/aromatic N) is 3. The van der Waals surface area contributed by atoms with E-state index in [0.29, 0.717) is 6.04 Å². The molecule has 21 heavy (non-hydrogen) atoms. The average Bonchev–Trinajstić information content (AvgIpc) is 2.55. The van der Waals surface area contributed by atoms with Crippen LogP contribution in [0.1, 0.15) is 17.5 Å². The largest absolute Gasteiger partial charge is 0.366 e. The van der Waals surface area contributed by atoms with Crippen LogP contribution in [0.15, 0.2) is 48.8 Å². The summed E-state index contributed by atoms with van der Waals surface area (Å²) in [6.07, 6.45) is 6.40. The number of hydrogen-bond donors (Lipinski definition) is 0. The number of fused-ring (bicyclic) bond motifs is 3. The third-order valence-electron chi connectivity index (χ3n) is 4.75. The van der Waals surface area contributed by atoms with Crippen LogP contribution in [0.25, 0.3) is 0 Å². The lowest BCUT2D eigenvalue weighted by atomic mass is 9.95. The van der Waals surface area contributed by atoms with Crippen LogP contribution in [0.2, 0.25) is 0 Å². The van der Waals surface area contributed by atoms with E-state index in [1.807, 2.05) is 12.4 Å². The molecule has 2 aromatic rings. The van der Waals surface area contributed by atoms with E-state index in [0.717, 1.165) is 19.6 Å². The van der Waals surface area contributed by atoms with Crippen molar-refractivity contribution in [1.82, 2.24) is 9.88 Å². The van der Waals surface area contributed by atoms with Gasteiger partial charge in [-0.05, 0) is 30.0 Å². The summed E-state index contributed by atoms with van der Waals surface area (Å²) in [6.45, 7) is 4.53. The fourth-order valence-electron chi connectivity index (χ4n) is 3.68. The maximum absolute atomic E-state index is 4.27. The molecule has 108 valence electrons. The lowest BCUT2D eigenvalue weighted by molar-refractivity contribution is 0.206. The zero-order valence-electron chi connectivity index (χ0n) is 12.3. The van der Waals surface area contributed by atoms with Gasteiger partial charge in [0.15, 0.2) is 0 Å². The van der Waals surface area contributed by atoms with E-state index >= 15 is 0 Å². The Balaban J connectivity index is 1.48. The first kappa shape index (κ1) is 12.8. The molecule has 0 spiro atoms.